The molecule has 0 aliphatic rings. The lowest BCUT2D eigenvalue weighted by molar-refractivity contribution is -0.274. The van der Waals surface area contributed by atoms with Crippen LogP contribution < -0.4 is 14.8 Å². The Hall–Kier alpha value is -2.70. The number of aryl methyl sites for hydroxylation is 1. The number of ether oxygens (including phenoxy) is 2. The second-order valence-corrected chi connectivity index (χ2v) is 4.91. The number of halogens is 3. The van der Waals surface area contributed by atoms with Crippen LogP contribution in [0, 0.1) is 0 Å². The Balaban J connectivity index is 1.83. The fourth-order valence-corrected chi connectivity index (χ4v) is 1.91. The maximum absolute atomic E-state index is 12.1. The average Bonchev–Trinajstić information content (AvgIpc) is 2.54. The molecule has 0 saturated carbocycles. The summed E-state index contributed by atoms with van der Waals surface area (Å²) in [6.45, 7) is 1.83. The van der Waals surface area contributed by atoms with Gasteiger partial charge >= 0.3 is 6.36 Å². The maximum atomic E-state index is 12.1. The maximum Gasteiger partial charge on any atom is 0.573 e. The summed E-state index contributed by atoms with van der Waals surface area (Å²) < 4.78 is 45.3. The van der Waals surface area contributed by atoms with Crippen molar-refractivity contribution in [2.45, 2.75) is 19.7 Å². The van der Waals surface area contributed by atoms with Gasteiger partial charge < -0.3 is 14.8 Å². The Labute approximate surface area is 137 Å². The van der Waals surface area contributed by atoms with E-state index in [0.29, 0.717) is 11.4 Å². The number of hydrogen-bond acceptors (Lipinski definition) is 3. The first-order valence-corrected chi connectivity index (χ1v) is 7.23. The van der Waals surface area contributed by atoms with Crippen molar-refractivity contribution in [3.8, 4) is 11.5 Å². The molecule has 24 heavy (non-hydrogen) atoms. The Morgan fingerprint density at radius 2 is 1.58 bits per heavy atom. The molecule has 1 amide bonds. The van der Waals surface area contributed by atoms with Gasteiger partial charge in [-0.1, -0.05) is 19.1 Å². The van der Waals surface area contributed by atoms with Gasteiger partial charge in [-0.15, -0.1) is 13.2 Å². The van der Waals surface area contributed by atoms with Gasteiger partial charge in [0, 0.05) is 5.69 Å². The Morgan fingerprint density at radius 1 is 1.00 bits per heavy atom. The van der Waals surface area contributed by atoms with E-state index in [2.05, 4.69) is 10.1 Å². The molecular weight excluding hydrogens is 323 g/mol. The molecule has 0 aliphatic heterocycles. The first kappa shape index (κ1) is 17.7. The summed E-state index contributed by atoms with van der Waals surface area (Å²) in [5.41, 5.74) is 1.51. The van der Waals surface area contributed by atoms with Crippen LogP contribution in [0.25, 0.3) is 0 Å². The molecule has 2 aromatic rings. The smallest absolute Gasteiger partial charge is 0.484 e. The number of anilines is 1. The van der Waals surface area contributed by atoms with E-state index in [9.17, 15) is 18.0 Å². The van der Waals surface area contributed by atoms with Crippen LogP contribution in [0.4, 0.5) is 18.9 Å². The van der Waals surface area contributed by atoms with Gasteiger partial charge in [-0.2, -0.15) is 0 Å². The molecule has 0 spiro atoms. The summed E-state index contributed by atoms with van der Waals surface area (Å²) in [5, 5.41) is 2.52. The lowest BCUT2D eigenvalue weighted by Crippen LogP contribution is -2.20. The molecule has 0 saturated heterocycles. The molecule has 0 radical (unpaired) electrons. The van der Waals surface area contributed by atoms with Crippen LogP contribution in [0.5, 0.6) is 11.5 Å². The van der Waals surface area contributed by atoms with E-state index in [1.807, 2.05) is 19.1 Å². The number of nitrogens with one attached hydrogen (secondary N) is 1. The second-order valence-electron chi connectivity index (χ2n) is 4.91. The summed E-state index contributed by atoms with van der Waals surface area (Å²) in [7, 11) is 0. The van der Waals surface area contributed by atoms with E-state index in [4.69, 9.17) is 4.74 Å². The summed E-state index contributed by atoms with van der Waals surface area (Å²) in [6, 6.07) is 12.2. The number of rotatable bonds is 6. The van der Waals surface area contributed by atoms with Crippen molar-refractivity contribution in [2.75, 3.05) is 11.9 Å². The van der Waals surface area contributed by atoms with Crippen molar-refractivity contribution < 1.29 is 27.4 Å². The van der Waals surface area contributed by atoms with E-state index >= 15 is 0 Å². The van der Waals surface area contributed by atoms with Crippen molar-refractivity contribution in [2.24, 2.45) is 0 Å². The highest BCUT2D eigenvalue weighted by atomic mass is 19.4. The second kappa shape index (κ2) is 7.72. The van der Waals surface area contributed by atoms with Crippen LogP contribution in [-0.4, -0.2) is 18.9 Å². The van der Waals surface area contributed by atoms with Crippen LogP contribution >= 0.6 is 0 Å². The van der Waals surface area contributed by atoms with Crippen LogP contribution in [0.1, 0.15) is 12.5 Å². The minimum atomic E-state index is -4.74. The van der Waals surface area contributed by atoms with Gasteiger partial charge in [-0.05, 0) is 48.4 Å². The zero-order chi connectivity index (χ0) is 17.6. The van der Waals surface area contributed by atoms with Gasteiger partial charge in [0.05, 0.1) is 0 Å². The van der Waals surface area contributed by atoms with Gasteiger partial charge in [0.25, 0.3) is 5.91 Å². The van der Waals surface area contributed by atoms with Gasteiger partial charge in [0.15, 0.2) is 6.61 Å². The normalized spacial score (nSPS) is 11.0. The highest BCUT2D eigenvalue weighted by Gasteiger charge is 2.30. The van der Waals surface area contributed by atoms with Gasteiger partial charge in [0.2, 0.25) is 0 Å². The van der Waals surface area contributed by atoms with Crippen molar-refractivity contribution in [1.82, 2.24) is 0 Å². The molecule has 2 rings (SSSR count). The van der Waals surface area contributed by atoms with Gasteiger partial charge in [0.1, 0.15) is 11.5 Å². The lowest BCUT2D eigenvalue weighted by atomic mass is 10.2. The first-order chi connectivity index (χ1) is 11.4. The largest absolute Gasteiger partial charge is 0.573 e. The number of benzene rings is 2. The predicted octanol–water partition coefficient (Wildman–Crippen LogP) is 4.17. The molecule has 2 aromatic carbocycles. The average molecular weight is 339 g/mol. The van der Waals surface area contributed by atoms with Crippen molar-refractivity contribution in [3.05, 3.63) is 54.1 Å². The van der Waals surface area contributed by atoms with Crippen molar-refractivity contribution >= 4 is 11.6 Å². The highest BCUT2D eigenvalue weighted by Crippen LogP contribution is 2.23. The number of amides is 1. The third-order valence-electron chi connectivity index (χ3n) is 3.07. The van der Waals surface area contributed by atoms with Crippen molar-refractivity contribution in [3.63, 3.8) is 0 Å². The molecule has 0 bridgehead atoms. The Morgan fingerprint density at radius 3 is 2.12 bits per heavy atom. The van der Waals surface area contributed by atoms with E-state index in [-0.39, 0.29) is 12.4 Å². The monoisotopic (exact) mass is 339 g/mol. The molecule has 128 valence electrons. The third-order valence-corrected chi connectivity index (χ3v) is 3.07. The number of carbonyl (C=O) groups excluding carboxylic acids is 1. The fraction of sp³-hybridized carbons (Fsp3) is 0.235. The van der Waals surface area contributed by atoms with Crippen LogP contribution in [-0.2, 0) is 11.2 Å². The fourth-order valence-electron chi connectivity index (χ4n) is 1.91. The predicted molar refractivity (Wildman–Crippen MR) is 83.1 cm³/mol. The highest BCUT2D eigenvalue weighted by molar-refractivity contribution is 5.91. The molecule has 4 nitrogen and oxygen atoms in total. The van der Waals surface area contributed by atoms with Gasteiger partial charge in [-0.25, -0.2) is 0 Å². The van der Waals surface area contributed by atoms with Crippen molar-refractivity contribution in [1.29, 1.82) is 0 Å². The summed E-state index contributed by atoms with van der Waals surface area (Å²) >= 11 is 0. The first-order valence-electron chi connectivity index (χ1n) is 7.23. The molecule has 0 unspecified atom stereocenters. The lowest BCUT2D eigenvalue weighted by Gasteiger charge is -2.10. The summed E-state index contributed by atoms with van der Waals surface area (Å²) in [6.07, 6.45) is -3.83. The minimum absolute atomic E-state index is 0.202. The van der Waals surface area contributed by atoms with E-state index < -0.39 is 12.3 Å². The van der Waals surface area contributed by atoms with E-state index in [1.165, 1.54) is 12.1 Å². The molecular formula is C17H16F3NO3. The minimum Gasteiger partial charge on any atom is -0.484 e. The molecule has 7 heteroatoms. The zero-order valence-electron chi connectivity index (χ0n) is 12.9. The number of carbonyl (C=O) groups is 1. The SMILES string of the molecule is CCc1ccc(OCC(=O)Nc2ccc(OC(F)(F)F)cc2)cc1. The van der Waals surface area contributed by atoms with E-state index in [0.717, 1.165) is 24.1 Å². The zero-order valence-corrected chi connectivity index (χ0v) is 12.9. The quantitative estimate of drug-likeness (QED) is 0.859. The molecule has 0 heterocycles. The number of hydrogen-bond donors (Lipinski definition) is 1. The Bertz CT molecular complexity index is 667. The Kier molecular flexibility index (Phi) is 5.68. The van der Waals surface area contributed by atoms with Crippen LogP contribution in [0.15, 0.2) is 48.5 Å². The summed E-state index contributed by atoms with van der Waals surface area (Å²) in [4.78, 5) is 11.8. The van der Waals surface area contributed by atoms with Gasteiger partial charge in [-0.3, -0.25) is 4.79 Å². The molecule has 0 aromatic heterocycles. The molecule has 0 atom stereocenters. The topological polar surface area (TPSA) is 47.6 Å². The summed E-state index contributed by atoms with van der Waals surface area (Å²) in [5.74, 6) is -0.205. The number of alkyl halides is 3. The van der Waals surface area contributed by atoms with Crippen LogP contribution in [0.3, 0.4) is 0 Å². The molecule has 0 aliphatic carbocycles. The van der Waals surface area contributed by atoms with E-state index in [1.54, 1.807) is 12.1 Å². The standard InChI is InChI=1S/C17H16F3NO3/c1-2-12-3-7-14(8-4-12)23-11-16(22)21-13-5-9-15(10-6-13)24-17(18,19)20/h3-10H,2,11H2,1H3,(H,21,22). The third kappa shape index (κ3) is 5.83. The molecule has 0 fully saturated rings. The van der Waals surface area contributed by atoms with Crippen LogP contribution in [0.2, 0.25) is 0 Å². The molecule has 1 N–H and O–H groups in total.